The van der Waals surface area contributed by atoms with Crippen molar-refractivity contribution in [3.63, 3.8) is 0 Å². The van der Waals surface area contributed by atoms with Crippen LogP contribution < -0.4 is 0 Å². The second-order valence-electron chi connectivity index (χ2n) is 7.12. The maximum absolute atomic E-state index is 12.4. The Kier molecular flexibility index (Phi) is 9.07. The largest absolute Gasteiger partial charge is 0.462 e. The van der Waals surface area contributed by atoms with E-state index in [9.17, 15) is 9.59 Å². The average molecular weight is 312 g/mol. The summed E-state index contributed by atoms with van der Waals surface area (Å²) < 4.78 is 10.7. The summed E-state index contributed by atoms with van der Waals surface area (Å²) in [5.41, 5.74) is 0.869. The lowest BCUT2D eigenvalue weighted by Crippen LogP contribution is -2.24. The lowest BCUT2D eigenvalue weighted by molar-refractivity contribution is -0.144. The lowest BCUT2D eigenvalue weighted by atomic mass is 9.90. The number of esters is 2. The van der Waals surface area contributed by atoms with E-state index in [0.717, 1.165) is 0 Å². The van der Waals surface area contributed by atoms with Crippen LogP contribution in [0.3, 0.4) is 0 Å². The van der Waals surface area contributed by atoms with Crippen LogP contribution in [-0.4, -0.2) is 25.2 Å². The summed E-state index contributed by atoms with van der Waals surface area (Å²) in [6.07, 6.45) is 0. The second-order valence-corrected chi connectivity index (χ2v) is 7.12. The van der Waals surface area contributed by atoms with Gasteiger partial charge in [-0.25, -0.2) is 9.59 Å². The summed E-state index contributed by atoms with van der Waals surface area (Å²) in [5, 5.41) is 0. The van der Waals surface area contributed by atoms with Crippen LogP contribution >= 0.6 is 0 Å². The van der Waals surface area contributed by atoms with Gasteiger partial charge >= 0.3 is 11.9 Å². The molecule has 0 aliphatic rings. The van der Waals surface area contributed by atoms with Gasteiger partial charge in [-0.2, -0.15) is 0 Å². The van der Waals surface area contributed by atoms with E-state index in [1.54, 1.807) is 0 Å². The molecular weight excluding hydrogens is 280 g/mol. The molecule has 0 saturated heterocycles. The van der Waals surface area contributed by atoms with E-state index in [1.807, 2.05) is 55.4 Å². The predicted molar refractivity (Wildman–Crippen MR) is 88.3 cm³/mol. The smallest absolute Gasteiger partial charge is 0.334 e. The zero-order valence-electron chi connectivity index (χ0n) is 15.4. The molecule has 0 unspecified atom stereocenters. The van der Waals surface area contributed by atoms with E-state index < -0.39 is 11.9 Å². The van der Waals surface area contributed by atoms with Gasteiger partial charge in [0.05, 0.1) is 24.4 Å². The minimum Gasteiger partial charge on any atom is -0.462 e. The highest BCUT2D eigenvalue weighted by Gasteiger charge is 2.28. The zero-order valence-corrected chi connectivity index (χ0v) is 15.4. The van der Waals surface area contributed by atoms with Crippen molar-refractivity contribution in [1.82, 2.24) is 0 Å². The summed E-state index contributed by atoms with van der Waals surface area (Å²) in [6, 6.07) is 0. The standard InChI is InChI=1S/C18H32O4/c1-11(2)9-21-17(19)15(13(5)6)16(14(7)8)18(20)22-10-12(3)4/h11-14H,9-10H2,1-8H3. The van der Waals surface area contributed by atoms with Crippen LogP contribution in [0.1, 0.15) is 55.4 Å². The van der Waals surface area contributed by atoms with Crippen molar-refractivity contribution in [3.05, 3.63) is 11.1 Å². The van der Waals surface area contributed by atoms with E-state index >= 15 is 0 Å². The van der Waals surface area contributed by atoms with Crippen molar-refractivity contribution < 1.29 is 19.1 Å². The van der Waals surface area contributed by atoms with E-state index in [0.29, 0.717) is 24.4 Å². The number of hydrogen-bond acceptors (Lipinski definition) is 4. The molecule has 0 aromatic carbocycles. The third-order valence-electron chi connectivity index (χ3n) is 2.98. The highest BCUT2D eigenvalue weighted by atomic mass is 16.5. The average Bonchev–Trinajstić information content (AvgIpc) is 2.38. The first kappa shape index (κ1) is 20.7. The van der Waals surface area contributed by atoms with Gasteiger partial charge < -0.3 is 9.47 Å². The molecule has 128 valence electrons. The van der Waals surface area contributed by atoms with E-state index in [1.165, 1.54) is 0 Å². The first-order valence-corrected chi connectivity index (χ1v) is 8.16. The topological polar surface area (TPSA) is 52.6 Å². The van der Waals surface area contributed by atoms with Crippen molar-refractivity contribution in [2.45, 2.75) is 55.4 Å². The van der Waals surface area contributed by atoms with Crippen molar-refractivity contribution in [2.24, 2.45) is 23.7 Å². The molecule has 0 fully saturated rings. The Balaban J connectivity index is 5.46. The Morgan fingerprint density at radius 1 is 0.636 bits per heavy atom. The molecule has 0 rings (SSSR count). The van der Waals surface area contributed by atoms with Crippen molar-refractivity contribution in [3.8, 4) is 0 Å². The first-order chi connectivity index (χ1) is 10.1. The summed E-state index contributed by atoms with van der Waals surface area (Å²) in [5.74, 6) is -0.490. The summed E-state index contributed by atoms with van der Waals surface area (Å²) in [4.78, 5) is 24.8. The van der Waals surface area contributed by atoms with Crippen LogP contribution in [0.5, 0.6) is 0 Å². The van der Waals surface area contributed by atoms with Gasteiger partial charge in [-0.05, 0) is 23.7 Å². The van der Waals surface area contributed by atoms with Gasteiger partial charge in [0.15, 0.2) is 0 Å². The zero-order chi connectivity index (χ0) is 17.4. The van der Waals surface area contributed by atoms with Crippen LogP contribution in [-0.2, 0) is 19.1 Å². The number of carbonyl (C=O) groups excluding carboxylic acids is 2. The van der Waals surface area contributed by atoms with Gasteiger partial charge in [0.2, 0.25) is 0 Å². The quantitative estimate of drug-likeness (QED) is 0.502. The Bertz CT molecular complexity index is 365. The van der Waals surface area contributed by atoms with Gasteiger partial charge in [0, 0.05) is 0 Å². The summed E-state index contributed by atoms with van der Waals surface area (Å²) >= 11 is 0. The van der Waals surface area contributed by atoms with Crippen molar-refractivity contribution in [2.75, 3.05) is 13.2 Å². The highest BCUT2D eigenvalue weighted by molar-refractivity contribution is 6.01. The fourth-order valence-corrected chi connectivity index (χ4v) is 1.95. The normalized spacial score (nSPS) is 12.9. The molecule has 0 aliphatic heterocycles. The molecule has 0 aromatic rings. The van der Waals surface area contributed by atoms with E-state index in [4.69, 9.17) is 9.47 Å². The Hall–Kier alpha value is -1.32. The monoisotopic (exact) mass is 312 g/mol. The highest BCUT2D eigenvalue weighted by Crippen LogP contribution is 2.24. The minimum atomic E-state index is -0.408. The fraction of sp³-hybridized carbons (Fsp3) is 0.778. The first-order valence-electron chi connectivity index (χ1n) is 8.16. The molecule has 4 nitrogen and oxygen atoms in total. The molecule has 0 radical (unpaired) electrons. The molecule has 0 bridgehead atoms. The van der Waals surface area contributed by atoms with Gasteiger partial charge in [-0.15, -0.1) is 0 Å². The molecule has 0 amide bonds. The Labute approximate surface area is 135 Å². The maximum atomic E-state index is 12.4. The molecular formula is C18H32O4. The van der Waals surface area contributed by atoms with Crippen molar-refractivity contribution in [1.29, 1.82) is 0 Å². The molecule has 0 N–H and O–H groups in total. The van der Waals surface area contributed by atoms with Gasteiger partial charge in [-0.3, -0.25) is 0 Å². The third kappa shape index (κ3) is 7.10. The minimum absolute atomic E-state index is 0.0938. The lowest BCUT2D eigenvalue weighted by Gasteiger charge is -2.20. The van der Waals surface area contributed by atoms with Crippen molar-refractivity contribution >= 4 is 11.9 Å². The fourth-order valence-electron chi connectivity index (χ4n) is 1.95. The maximum Gasteiger partial charge on any atom is 0.334 e. The van der Waals surface area contributed by atoms with Crippen LogP contribution in [0.15, 0.2) is 11.1 Å². The Morgan fingerprint density at radius 2 is 0.909 bits per heavy atom. The van der Waals surface area contributed by atoms with Crippen LogP contribution in [0, 0.1) is 23.7 Å². The summed E-state index contributed by atoms with van der Waals surface area (Å²) in [7, 11) is 0. The van der Waals surface area contributed by atoms with E-state index in [2.05, 4.69) is 0 Å². The Morgan fingerprint density at radius 3 is 1.09 bits per heavy atom. The predicted octanol–water partition coefficient (Wildman–Crippen LogP) is 3.99. The SMILES string of the molecule is CC(C)COC(=O)C(=C(C(=O)OCC(C)C)C(C)C)C(C)C. The van der Waals surface area contributed by atoms with Gasteiger partial charge in [0.25, 0.3) is 0 Å². The molecule has 0 aromatic heterocycles. The number of hydrogen-bond donors (Lipinski definition) is 0. The molecule has 0 aliphatic carbocycles. The molecule has 22 heavy (non-hydrogen) atoms. The third-order valence-corrected chi connectivity index (χ3v) is 2.98. The van der Waals surface area contributed by atoms with Crippen LogP contribution in [0.25, 0.3) is 0 Å². The molecule has 0 spiro atoms. The van der Waals surface area contributed by atoms with Crippen LogP contribution in [0.2, 0.25) is 0 Å². The molecule has 0 atom stereocenters. The molecule has 0 saturated carbocycles. The van der Waals surface area contributed by atoms with Gasteiger partial charge in [-0.1, -0.05) is 55.4 Å². The summed E-state index contributed by atoms with van der Waals surface area (Å²) in [6.45, 7) is 16.2. The molecule has 0 heterocycles. The number of carbonyl (C=O) groups is 2. The van der Waals surface area contributed by atoms with E-state index in [-0.39, 0.29) is 23.7 Å². The second kappa shape index (κ2) is 9.65. The number of rotatable bonds is 8. The van der Waals surface area contributed by atoms with Gasteiger partial charge in [0.1, 0.15) is 0 Å². The molecule has 4 heteroatoms. The number of ether oxygens (including phenoxy) is 2. The van der Waals surface area contributed by atoms with Crippen LogP contribution in [0.4, 0.5) is 0 Å².